The van der Waals surface area contributed by atoms with Gasteiger partial charge in [0.1, 0.15) is 11.4 Å². The molecule has 1 aliphatic heterocycles. The summed E-state index contributed by atoms with van der Waals surface area (Å²) in [6.45, 7) is 1.06. The van der Waals surface area contributed by atoms with E-state index in [-0.39, 0.29) is 77.3 Å². The summed E-state index contributed by atoms with van der Waals surface area (Å²) in [6, 6.07) is 4.23. The van der Waals surface area contributed by atoms with Crippen LogP contribution in [-0.4, -0.2) is 47.9 Å². The Hall–Kier alpha value is -3.19. The minimum atomic E-state index is -4.29. The van der Waals surface area contributed by atoms with Crippen LogP contribution < -0.4 is 20.7 Å². The van der Waals surface area contributed by atoms with E-state index in [0.29, 0.717) is 22.6 Å². The van der Waals surface area contributed by atoms with E-state index in [1.165, 1.54) is 6.07 Å². The van der Waals surface area contributed by atoms with Gasteiger partial charge in [-0.1, -0.05) is 36.2 Å². The molecule has 0 unspecified atom stereocenters. The molecule has 238 valence electrons. The first kappa shape index (κ1) is 32.2. The highest BCUT2D eigenvalue weighted by molar-refractivity contribution is 6.40. The highest BCUT2D eigenvalue weighted by Gasteiger charge is 2.44. The topological polar surface area (TPSA) is 105 Å². The Morgan fingerprint density at radius 3 is 2.48 bits per heavy atom. The molecule has 1 aromatic heterocycles. The summed E-state index contributed by atoms with van der Waals surface area (Å²) in [5.41, 5.74) is 0.965. The third-order valence-corrected chi connectivity index (χ3v) is 8.93. The van der Waals surface area contributed by atoms with Crippen LogP contribution in [-0.2, 0) is 17.8 Å². The largest absolute Gasteiger partial charge is 0.471 e. The number of aliphatic imine (C=N–C) groups is 1. The summed E-state index contributed by atoms with van der Waals surface area (Å²) < 4.78 is 70.2. The van der Waals surface area contributed by atoms with Gasteiger partial charge in [-0.2, -0.15) is 18.2 Å². The van der Waals surface area contributed by atoms with E-state index in [1.54, 1.807) is 12.1 Å². The number of carbonyl (C=O) groups excluding carboxylic acids is 2. The summed E-state index contributed by atoms with van der Waals surface area (Å²) >= 11 is 13.0. The monoisotopic (exact) mass is 661 g/mol. The Kier molecular flexibility index (Phi) is 9.27. The first-order chi connectivity index (χ1) is 20.7. The first-order valence-electron chi connectivity index (χ1n) is 14.2. The van der Waals surface area contributed by atoms with Crippen molar-refractivity contribution in [1.29, 1.82) is 0 Å². The van der Waals surface area contributed by atoms with E-state index < -0.39 is 37.1 Å². The Labute approximate surface area is 260 Å². The Balaban J connectivity index is 1.30. The zero-order valence-electron chi connectivity index (χ0n) is 23.6. The maximum atomic E-state index is 13.2. The number of ether oxygens (including phenoxy) is 1. The van der Waals surface area contributed by atoms with Gasteiger partial charge in [0.15, 0.2) is 12.4 Å². The highest BCUT2D eigenvalue weighted by Crippen LogP contribution is 2.45. The standard InChI is InChI=1S/C29H30Cl2F5N5O3/c1-28(8-9-28)27(43)37-12-14-2-7-19(30)23(22(14)31)39-21-11-15-10-18(26(41-24(15)40-21)44-13-20(32)33)25(42)38-17-5-3-16(4-6-17)29(34,35)36/h2,7,10,16-17,20H,3-6,8-9,11-13H2,1H3,(H,37,43)(H,38,42)(H,39,40,41). The van der Waals surface area contributed by atoms with Crippen LogP contribution in [0.25, 0.3) is 0 Å². The molecule has 3 N–H and O–H groups in total. The third-order valence-electron chi connectivity index (χ3n) is 8.19. The van der Waals surface area contributed by atoms with Crippen LogP contribution in [0.4, 0.5) is 33.5 Å². The molecule has 2 aromatic rings. The smallest absolute Gasteiger partial charge is 0.391 e. The van der Waals surface area contributed by atoms with E-state index >= 15 is 0 Å². The average Bonchev–Trinajstić information content (AvgIpc) is 3.59. The second-order valence-electron chi connectivity index (χ2n) is 11.6. The number of halogens is 7. The number of alkyl halides is 5. The van der Waals surface area contributed by atoms with E-state index in [0.717, 1.165) is 12.8 Å². The summed E-state index contributed by atoms with van der Waals surface area (Å²) in [5, 5.41) is 9.22. The molecule has 0 saturated heterocycles. The van der Waals surface area contributed by atoms with Crippen LogP contribution in [0.3, 0.4) is 0 Å². The zero-order chi connectivity index (χ0) is 31.8. The van der Waals surface area contributed by atoms with Crippen molar-refractivity contribution in [2.75, 3.05) is 11.9 Å². The van der Waals surface area contributed by atoms with Gasteiger partial charge in [0.25, 0.3) is 12.3 Å². The van der Waals surface area contributed by atoms with Gasteiger partial charge in [0.2, 0.25) is 11.8 Å². The normalized spacial score (nSPS) is 20.5. The highest BCUT2D eigenvalue weighted by atomic mass is 35.5. The van der Waals surface area contributed by atoms with Crippen LogP contribution in [0.1, 0.15) is 66.9 Å². The minimum absolute atomic E-state index is 0.0570. The molecule has 1 aromatic carbocycles. The number of pyridine rings is 1. The summed E-state index contributed by atoms with van der Waals surface area (Å²) in [5.74, 6) is -2.05. The SMILES string of the molecule is CC1(C(=O)NCc2ccc(Cl)c(NC3=Nc4nc(OCC(F)F)c(C(=O)NC5CCC(C(F)(F)F)CC5)cc4C3)c2Cl)CC1. The van der Waals surface area contributed by atoms with Gasteiger partial charge in [-0.15, -0.1) is 0 Å². The molecule has 5 rings (SSSR count). The number of aromatic nitrogens is 1. The molecule has 0 atom stereocenters. The predicted octanol–water partition coefficient (Wildman–Crippen LogP) is 7.00. The summed E-state index contributed by atoms with van der Waals surface area (Å²) in [4.78, 5) is 34.2. The fourth-order valence-electron chi connectivity index (χ4n) is 5.21. The van der Waals surface area contributed by atoms with Crippen molar-refractivity contribution in [2.24, 2.45) is 16.3 Å². The molecule has 3 aliphatic rings. The lowest BCUT2D eigenvalue weighted by atomic mass is 9.85. The molecule has 44 heavy (non-hydrogen) atoms. The van der Waals surface area contributed by atoms with Crippen molar-refractivity contribution in [3.63, 3.8) is 0 Å². The molecule has 2 fully saturated rings. The molecule has 2 aliphatic carbocycles. The molecule has 0 spiro atoms. The van der Waals surface area contributed by atoms with Crippen LogP contribution in [0.2, 0.25) is 10.0 Å². The number of hydrogen-bond donors (Lipinski definition) is 3. The van der Waals surface area contributed by atoms with E-state index in [9.17, 15) is 31.5 Å². The molecule has 2 amide bonds. The van der Waals surface area contributed by atoms with Crippen LogP contribution in [0.15, 0.2) is 23.2 Å². The fraction of sp³-hybridized carbons (Fsp3) is 0.517. The lowest BCUT2D eigenvalue weighted by molar-refractivity contribution is -0.182. The third kappa shape index (κ3) is 7.36. The van der Waals surface area contributed by atoms with Gasteiger partial charge in [0, 0.05) is 30.0 Å². The number of benzene rings is 1. The molecular weight excluding hydrogens is 632 g/mol. The molecule has 2 heterocycles. The summed E-state index contributed by atoms with van der Waals surface area (Å²) in [6.07, 6.45) is -5.30. The lowest BCUT2D eigenvalue weighted by Gasteiger charge is -2.30. The second-order valence-corrected chi connectivity index (χ2v) is 12.4. The summed E-state index contributed by atoms with van der Waals surface area (Å²) in [7, 11) is 0. The van der Waals surface area contributed by atoms with E-state index in [4.69, 9.17) is 27.9 Å². The van der Waals surface area contributed by atoms with Gasteiger partial charge < -0.3 is 20.7 Å². The average molecular weight is 662 g/mol. The molecule has 8 nitrogen and oxygen atoms in total. The van der Waals surface area contributed by atoms with Crippen molar-refractivity contribution in [1.82, 2.24) is 15.6 Å². The molecule has 15 heteroatoms. The number of rotatable bonds is 9. The van der Waals surface area contributed by atoms with Gasteiger partial charge in [0.05, 0.1) is 21.7 Å². The quantitative estimate of drug-likeness (QED) is 0.251. The van der Waals surface area contributed by atoms with Gasteiger partial charge >= 0.3 is 6.18 Å². The molecular formula is C29H30Cl2F5N5O3. The number of amidine groups is 1. The molecule has 0 bridgehead atoms. The lowest BCUT2D eigenvalue weighted by Crippen LogP contribution is -2.40. The van der Waals surface area contributed by atoms with Crippen molar-refractivity contribution < 1.29 is 36.3 Å². The Bertz CT molecular complexity index is 1470. The van der Waals surface area contributed by atoms with Crippen molar-refractivity contribution in [3.05, 3.63) is 44.9 Å². The minimum Gasteiger partial charge on any atom is -0.471 e. The molecule has 0 radical (unpaired) electrons. The van der Waals surface area contributed by atoms with Crippen LogP contribution in [0, 0.1) is 11.3 Å². The zero-order valence-corrected chi connectivity index (χ0v) is 25.1. The van der Waals surface area contributed by atoms with Crippen molar-refractivity contribution >= 4 is 52.4 Å². The number of hydrogen-bond acceptors (Lipinski definition) is 6. The number of amides is 2. The first-order valence-corrected chi connectivity index (χ1v) is 14.9. The number of fused-ring (bicyclic) bond motifs is 1. The second kappa shape index (κ2) is 12.7. The Morgan fingerprint density at radius 2 is 1.84 bits per heavy atom. The van der Waals surface area contributed by atoms with E-state index in [2.05, 4.69) is 25.9 Å². The number of nitrogens with zero attached hydrogens (tertiary/aromatic N) is 2. The van der Waals surface area contributed by atoms with Gasteiger partial charge in [-0.05, 0) is 56.2 Å². The van der Waals surface area contributed by atoms with Crippen molar-refractivity contribution in [3.8, 4) is 5.88 Å². The number of carbonyl (C=O) groups is 2. The fourth-order valence-corrected chi connectivity index (χ4v) is 5.74. The molecule has 2 saturated carbocycles. The maximum absolute atomic E-state index is 13.2. The number of nitrogens with one attached hydrogen (secondary N) is 3. The number of anilines is 1. The predicted molar refractivity (Wildman–Crippen MR) is 155 cm³/mol. The van der Waals surface area contributed by atoms with E-state index in [1.807, 2.05) is 6.92 Å². The Morgan fingerprint density at radius 1 is 1.14 bits per heavy atom. The van der Waals surface area contributed by atoms with Crippen molar-refractivity contribution in [2.45, 2.75) is 77.1 Å². The van der Waals surface area contributed by atoms with Gasteiger partial charge in [-0.3, -0.25) is 9.59 Å². The van der Waals surface area contributed by atoms with Crippen LogP contribution in [0.5, 0.6) is 5.88 Å². The van der Waals surface area contributed by atoms with Gasteiger partial charge in [-0.25, -0.2) is 13.8 Å². The maximum Gasteiger partial charge on any atom is 0.391 e. The van der Waals surface area contributed by atoms with Crippen LogP contribution >= 0.6 is 23.2 Å².